The topological polar surface area (TPSA) is 268 Å². The van der Waals surface area contributed by atoms with Crippen molar-refractivity contribution in [3.63, 3.8) is 0 Å². The second-order valence-electron chi connectivity index (χ2n) is 10.1. The summed E-state index contributed by atoms with van der Waals surface area (Å²) in [5.41, 5.74) is 10.7. The second kappa shape index (κ2) is 11.3. The van der Waals surface area contributed by atoms with E-state index in [0.29, 0.717) is 0 Å². The average Bonchev–Trinajstić information content (AvgIpc) is 3.72. The zero-order valence-corrected chi connectivity index (χ0v) is 26.1. The third-order valence-corrected chi connectivity index (χ3v) is 10.9. The van der Waals surface area contributed by atoms with Gasteiger partial charge < -0.3 is 0 Å². The van der Waals surface area contributed by atoms with Gasteiger partial charge >= 0.3 is 260 Å². The van der Waals surface area contributed by atoms with Gasteiger partial charge in [0.15, 0.2) is 0 Å². The number of nitrogens with zero attached hydrogens (tertiary/aromatic N) is 8. The summed E-state index contributed by atoms with van der Waals surface area (Å²) < 4.78 is 68.0. The van der Waals surface area contributed by atoms with Gasteiger partial charge in [-0.2, -0.15) is 0 Å². The number of anilines is 2. The number of halogens is 2. The predicted octanol–water partition coefficient (Wildman–Crippen LogP) is -0.529. The molecule has 8 atom stereocenters. The van der Waals surface area contributed by atoms with Crippen molar-refractivity contribution in [1.82, 2.24) is 44.5 Å². The van der Waals surface area contributed by atoms with Crippen LogP contribution in [0.5, 0.6) is 0 Å². The molecule has 7 rings (SSSR count). The van der Waals surface area contributed by atoms with E-state index in [1.165, 1.54) is 4.57 Å². The fraction of sp³-hybridized carbons (Fsp3) is 0.526. The molecule has 3 saturated heterocycles. The fourth-order valence-electron chi connectivity index (χ4n) is 5.23. The number of rotatable bonds is 2. The van der Waals surface area contributed by atoms with Crippen molar-refractivity contribution in [3.8, 4) is 0 Å². The minimum absolute atomic E-state index is 0.00770. The zero-order valence-electron chi connectivity index (χ0n) is 22.3. The van der Waals surface area contributed by atoms with Gasteiger partial charge in [0.25, 0.3) is 0 Å². The number of aromatic amines is 1. The Hall–Kier alpha value is -2.47. The Morgan fingerprint density at radius 3 is 2.38 bits per heavy atom. The number of imidazole rings is 1. The summed E-state index contributed by atoms with van der Waals surface area (Å²) in [6.45, 7) is -1.29. The molecule has 4 aromatic rings. The normalized spacial score (nSPS) is 34.9. The van der Waals surface area contributed by atoms with E-state index >= 15 is 8.78 Å². The van der Waals surface area contributed by atoms with Gasteiger partial charge in [-0.25, -0.2) is 0 Å². The van der Waals surface area contributed by atoms with E-state index < -0.39 is 82.3 Å². The van der Waals surface area contributed by atoms with Crippen LogP contribution in [0.3, 0.4) is 0 Å². The van der Waals surface area contributed by atoms with Crippen molar-refractivity contribution in [2.24, 2.45) is 0 Å². The van der Waals surface area contributed by atoms with Crippen molar-refractivity contribution in [2.45, 2.75) is 49.2 Å². The maximum atomic E-state index is 16.0. The van der Waals surface area contributed by atoms with Crippen LogP contribution < -0.4 is 17.0 Å². The Kier molecular flexibility index (Phi) is 7.86. The number of H-pyrrole nitrogens is 1. The molecule has 0 saturated carbocycles. The van der Waals surface area contributed by atoms with E-state index in [2.05, 4.69) is 59.7 Å². The fourth-order valence-corrected chi connectivity index (χ4v) is 8.54. The number of thiol groups is 2. The van der Waals surface area contributed by atoms with E-state index in [9.17, 15) is 14.6 Å². The van der Waals surface area contributed by atoms with Crippen LogP contribution in [-0.4, -0.2) is 104 Å². The molecule has 0 radical (unpaired) electrons. The van der Waals surface area contributed by atoms with Crippen LogP contribution in [0.4, 0.5) is 20.5 Å². The molecule has 0 aromatic carbocycles. The Bertz CT molecular complexity index is 1820. The van der Waals surface area contributed by atoms with Crippen LogP contribution in [0.15, 0.2) is 17.4 Å². The third-order valence-electron chi connectivity index (χ3n) is 7.24. The molecule has 246 valence electrons. The van der Waals surface area contributed by atoms with E-state index in [1.807, 2.05) is 0 Å². The van der Waals surface area contributed by atoms with Gasteiger partial charge in [0.05, 0.1) is 0 Å². The first kappa shape index (κ1) is 31.1. The molecule has 0 aliphatic carbocycles. The standard InChI is InChI=1S/C19H25F2N11O9P2S2/c20-7-5-1-36-42(34,44)40-11-6(39-17(8(11)21)32-14-9(29-30-32)13(22)24-3-25-14)2-37-43(35,45)41-12(7)18(38-5)31-4-26-10-15(31)27-19(23)28-16(10)33/h3-8,11-12,17-18,34-35,42-45H,1-2H2,(H2,22,24,25)(H3,23,27,28,33)/t5-,6-,7-,8+,11-,12-,17-,18-/m1/s1. The molecule has 3 aliphatic rings. The Morgan fingerprint density at radius 1 is 0.933 bits per heavy atom. The number of hydrogen-bond donors (Lipinski definition) is 7. The number of hydrogen-bond acceptors (Lipinski definition) is 19. The van der Waals surface area contributed by atoms with Crippen LogP contribution in [0.25, 0.3) is 22.3 Å². The molecule has 4 aromatic heterocycles. The second-order valence-corrected chi connectivity index (χ2v) is 16.8. The van der Waals surface area contributed by atoms with Crippen LogP contribution in [0.2, 0.25) is 0 Å². The quantitative estimate of drug-likeness (QED) is 0.102. The number of alkyl halides is 2. The van der Waals surface area contributed by atoms with Crippen LogP contribution in [0.1, 0.15) is 12.5 Å². The number of aromatic nitrogens is 9. The first-order valence-corrected chi connectivity index (χ1v) is 19.1. The number of nitrogen functional groups attached to an aromatic ring is 2. The van der Waals surface area contributed by atoms with Gasteiger partial charge in [-0.05, 0) is 0 Å². The van der Waals surface area contributed by atoms with Gasteiger partial charge in [0.2, 0.25) is 0 Å². The van der Waals surface area contributed by atoms with Crippen molar-refractivity contribution in [2.75, 3.05) is 24.7 Å². The summed E-state index contributed by atoms with van der Waals surface area (Å²) in [7, 11) is -9.16. The van der Waals surface area contributed by atoms with Gasteiger partial charge in [0, 0.05) is 0 Å². The van der Waals surface area contributed by atoms with E-state index in [1.54, 1.807) is 0 Å². The van der Waals surface area contributed by atoms with E-state index in [4.69, 9.17) is 39.0 Å². The molecule has 0 spiro atoms. The molecule has 3 fully saturated rings. The van der Waals surface area contributed by atoms with Crippen LogP contribution >= 0.6 is 38.8 Å². The molecule has 7 N–H and O–H groups in total. The molecule has 0 amide bonds. The minimum atomic E-state index is -4.60. The first-order chi connectivity index (χ1) is 21.3. The molecule has 3 aliphatic heterocycles. The Morgan fingerprint density at radius 2 is 1.62 bits per heavy atom. The molecular weight excluding hydrogens is 690 g/mol. The summed E-state index contributed by atoms with van der Waals surface area (Å²) in [4.78, 5) is 52.5. The van der Waals surface area contributed by atoms with E-state index in [-0.39, 0.29) is 34.1 Å². The molecule has 2 bridgehead atoms. The first-order valence-electron chi connectivity index (χ1n) is 13.0. The summed E-state index contributed by atoms with van der Waals surface area (Å²) >= 11 is 8.22. The molecule has 20 nitrogen and oxygen atoms in total. The zero-order chi connectivity index (χ0) is 31.8. The molecule has 26 heteroatoms. The molecule has 45 heavy (non-hydrogen) atoms. The van der Waals surface area contributed by atoms with Crippen molar-refractivity contribution in [3.05, 3.63) is 23.0 Å². The predicted molar refractivity (Wildman–Crippen MR) is 158 cm³/mol. The van der Waals surface area contributed by atoms with Crippen molar-refractivity contribution >= 4 is 72.9 Å². The maximum absolute atomic E-state index is 16.0. The van der Waals surface area contributed by atoms with Crippen molar-refractivity contribution < 1.29 is 46.1 Å². The number of nitrogens with one attached hydrogen (secondary N) is 1. The molecule has 0 unspecified atom stereocenters. The number of nitrogens with two attached hydrogens (primary N) is 2. The molecular formula is C19H25F2N11O9P2S2. The summed E-state index contributed by atoms with van der Waals surface area (Å²) in [6, 6.07) is 0. The van der Waals surface area contributed by atoms with Gasteiger partial charge in [-0.3, -0.25) is 0 Å². The Labute approximate surface area is 260 Å². The number of ether oxygens (including phenoxy) is 2. The monoisotopic (exact) mass is 715 g/mol. The van der Waals surface area contributed by atoms with E-state index in [0.717, 1.165) is 17.3 Å². The van der Waals surface area contributed by atoms with Gasteiger partial charge in [-0.1, -0.05) is 0 Å². The molecule has 7 heterocycles. The average molecular weight is 716 g/mol. The SMILES string of the molecule is Nc1nc2c(ncn2[C@@H]2O[C@@H]3CO[PH](O)(S)O[C@H]4[C@H](F)[C@H](n5nnc6c(N)ncnc65)O[C@@H]4CO[PH](O)(S)O[C@@H]2[C@@H]3F)c(=O)[nH]1. The third kappa shape index (κ3) is 5.61. The summed E-state index contributed by atoms with van der Waals surface area (Å²) in [6.07, 6.45) is -10.8. The Balaban J connectivity index is 1.20. The summed E-state index contributed by atoms with van der Waals surface area (Å²) in [5.74, 6) is -0.257. The van der Waals surface area contributed by atoms with Gasteiger partial charge in [0.1, 0.15) is 0 Å². The summed E-state index contributed by atoms with van der Waals surface area (Å²) in [5, 5.41) is 7.75. The van der Waals surface area contributed by atoms with Crippen LogP contribution in [0, 0.1) is 0 Å². The van der Waals surface area contributed by atoms with Gasteiger partial charge in [-0.15, -0.1) is 0 Å². The van der Waals surface area contributed by atoms with Crippen LogP contribution in [-0.2, 0) is 27.6 Å². The van der Waals surface area contributed by atoms with Crippen molar-refractivity contribution in [1.29, 1.82) is 0 Å². The number of fused-ring (bicyclic) bond motifs is 5.